The molecule has 6 heteroatoms. The number of likely N-dealkylation sites (N-methyl/N-ethyl adjacent to an activating group) is 1. The molecule has 0 saturated heterocycles. The lowest BCUT2D eigenvalue weighted by atomic mass is 10.3. The van der Waals surface area contributed by atoms with Crippen molar-refractivity contribution in [1.29, 1.82) is 0 Å². The Hall–Kier alpha value is -0.640. The highest BCUT2D eigenvalue weighted by Crippen LogP contribution is 2.33. The molecule has 0 spiro atoms. The highest BCUT2D eigenvalue weighted by Gasteiger charge is 2.16. The maximum absolute atomic E-state index is 11.1. The van der Waals surface area contributed by atoms with E-state index in [1.165, 1.54) is 11.9 Å². The molecule has 0 aliphatic heterocycles. The summed E-state index contributed by atoms with van der Waals surface area (Å²) in [4.78, 5) is 29.4. The first kappa shape index (κ1) is 12.4. The number of carbonyl (C=O) groups is 1. The Labute approximate surface area is 77.2 Å². The molecule has 0 atom stereocenters. The van der Waals surface area contributed by atoms with Crippen LogP contribution in [-0.4, -0.2) is 40.3 Å². The van der Waals surface area contributed by atoms with E-state index in [1.807, 2.05) is 0 Å². The molecule has 76 valence electrons. The van der Waals surface area contributed by atoms with Gasteiger partial charge in [-0.15, -0.1) is 0 Å². The zero-order valence-electron chi connectivity index (χ0n) is 7.73. The molecule has 0 radical (unpaired) electrons. The van der Waals surface area contributed by atoms with E-state index >= 15 is 0 Å². The normalized spacial score (nSPS) is 11.1. The van der Waals surface area contributed by atoms with Crippen molar-refractivity contribution in [2.75, 3.05) is 19.8 Å². The van der Waals surface area contributed by atoms with Crippen LogP contribution in [0.1, 0.15) is 6.92 Å². The van der Waals surface area contributed by atoms with Crippen molar-refractivity contribution in [2.45, 2.75) is 6.92 Å². The maximum Gasteiger partial charge on any atom is 0.327 e. The zero-order valence-corrected chi connectivity index (χ0v) is 8.62. The van der Waals surface area contributed by atoms with Gasteiger partial charge in [0.1, 0.15) is 0 Å². The molecule has 0 aliphatic carbocycles. The third-order valence-corrected chi connectivity index (χ3v) is 2.22. The number of nitrogens with zero attached hydrogens (tertiary/aromatic N) is 1. The van der Waals surface area contributed by atoms with Gasteiger partial charge in [0.15, 0.2) is 0 Å². The molecule has 0 aliphatic rings. The maximum atomic E-state index is 11.1. The molecule has 0 rings (SSSR count). The van der Waals surface area contributed by atoms with Crippen molar-refractivity contribution in [1.82, 2.24) is 4.90 Å². The van der Waals surface area contributed by atoms with Gasteiger partial charge in [0.25, 0.3) is 0 Å². The molecule has 0 aromatic rings. The number of hydrogen-bond acceptors (Lipinski definition) is 2. The van der Waals surface area contributed by atoms with Crippen molar-refractivity contribution in [3.8, 4) is 0 Å². The number of rotatable bonds is 4. The Kier molecular flexibility index (Phi) is 4.33. The molecule has 13 heavy (non-hydrogen) atoms. The van der Waals surface area contributed by atoms with Crippen molar-refractivity contribution in [3.05, 3.63) is 12.2 Å². The molecule has 2 N–H and O–H groups in total. The largest absolute Gasteiger partial charge is 0.341 e. The second-order valence-corrected chi connectivity index (χ2v) is 4.67. The summed E-state index contributed by atoms with van der Waals surface area (Å²) in [5.74, 6) is -0.298. The van der Waals surface area contributed by atoms with Gasteiger partial charge in [-0.3, -0.25) is 9.36 Å². The summed E-state index contributed by atoms with van der Waals surface area (Å²) < 4.78 is 10.5. The van der Waals surface area contributed by atoms with Crippen LogP contribution in [0.25, 0.3) is 0 Å². The topological polar surface area (TPSA) is 77.8 Å². The second-order valence-electron chi connectivity index (χ2n) is 2.90. The average molecular weight is 207 g/mol. The average Bonchev–Trinajstić information content (AvgIpc) is 1.97. The summed E-state index contributed by atoms with van der Waals surface area (Å²) in [6, 6.07) is 0. The lowest BCUT2D eigenvalue weighted by Gasteiger charge is -2.17. The first-order valence-electron chi connectivity index (χ1n) is 3.69. The number of amides is 1. The van der Waals surface area contributed by atoms with Gasteiger partial charge >= 0.3 is 7.60 Å². The van der Waals surface area contributed by atoms with E-state index in [0.29, 0.717) is 5.57 Å². The fraction of sp³-hybridized carbons (Fsp3) is 0.571. The minimum atomic E-state index is -4.01. The summed E-state index contributed by atoms with van der Waals surface area (Å²) in [6.45, 7) is 5.02. The molecule has 0 aromatic heterocycles. The van der Waals surface area contributed by atoms with Gasteiger partial charge in [0.05, 0.1) is 6.16 Å². The molecular weight excluding hydrogens is 193 g/mol. The summed E-state index contributed by atoms with van der Waals surface area (Å²) in [5.41, 5.74) is 0.355. The monoisotopic (exact) mass is 207 g/mol. The van der Waals surface area contributed by atoms with Crippen molar-refractivity contribution >= 4 is 13.5 Å². The van der Waals surface area contributed by atoms with E-state index in [4.69, 9.17) is 9.79 Å². The Morgan fingerprint density at radius 2 is 2.00 bits per heavy atom. The van der Waals surface area contributed by atoms with Gasteiger partial charge in [-0.2, -0.15) is 0 Å². The quantitative estimate of drug-likeness (QED) is 0.510. The predicted molar refractivity (Wildman–Crippen MR) is 49.4 cm³/mol. The number of carbonyl (C=O) groups excluding carboxylic acids is 1. The Morgan fingerprint density at radius 3 is 2.31 bits per heavy atom. The Balaban J connectivity index is 4.03. The van der Waals surface area contributed by atoms with Gasteiger partial charge in [-0.05, 0) is 6.92 Å². The highest BCUT2D eigenvalue weighted by atomic mass is 31.2. The second kappa shape index (κ2) is 4.56. The van der Waals surface area contributed by atoms with Crippen LogP contribution in [0.4, 0.5) is 0 Å². The van der Waals surface area contributed by atoms with E-state index in [9.17, 15) is 9.36 Å². The highest BCUT2D eigenvalue weighted by molar-refractivity contribution is 7.51. The van der Waals surface area contributed by atoms with E-state index in [0.717, 1.165) is 0 Å². The smallest absolute Gasteiger partial charge is 0.327 e. The minimum Gasteiger partial charge on any atom is -0.341 e. The molecule has 0 saturated carbocycles. The molecule has 0 heterocycles. The van der Waals surface area contributed by atoms with E-state index in [-0.39, 0.29) is 18.6 Å². The summed E-state index contributed by atoms with van der Waals surface area (Å²) in [6.07, 6.45) is -0.317. The third-order valence-electron chi connectivity index (χ3n) is 1.44. The lowest BCUT2D eigenvalue weighted by Crippen LogP contribution is -2.29. The summed E-state index contributed by atoms with van der Waals surface area (Å²) >= 11 is 0. The van der Waals surface area contributed by atoms with Crippen LogP contribution in [0.2, 0.25) is 0 Å². The molecule has 1 amide bonds. The van der Waals surface area contributed by atoms with Crippen molar-refractivity contribution < 1.29 is 19.1 Å². The van der Waals surface area contributed by atoms with Gasteiger partial charge in [0.2, 0.25) is 5.91 Å². The fourth-order valence-corrected chi connectivity index (χ4v) is 1.27. The molecular formula is C7H14NO4P. The fourth-order valence-electron chi connectivity index (χ4n) is 0.708. The van der Waals surface area contributed by atoms with Crippen molar-refractivity contribution in [2.24, 2.45) is 0 Å². The van der Waals surface area contributed by atoms with Gasteiger partial charge in [0, 0.05) is 19.2 Å². The SMILES string of the molecule is C=C(C)C(=O)N(C)CCP(=O)(O)O. The lowest BCUT2D eigenvalue weighted by molar-refractivity contribution is -0.125. The first-order chi connectivity index (χ1) is 5.74. The van der Waals surface area contributed by atoms with Crippen LogP contribution in [0.15, 0.2) is 12.2 Å². The molecule has 0 fully saturated rings. The van der Waals surface area contributed by atoms with E-state index < -0.39 is 7.60 Å². The summed E-state index contributed by atoms with van der Waals surface area (Å²) in [5, 5.41) is 0. The number of hydrogen-bond donors (Lipinski definition) is 2. The molecule has 5 nitrogen and oxygen atoms in total. The van der Waals surface area contributed by atoms with Gasteiger partial charge in [-0.1, -0.05) is 6.58 Å². The van der Waals surface area contributed by atoms with Gasteiger partial charge < -0.3 is 14.7 Å². The van der Waals surface area contributed by atoms with Crippen molar-refractivity contribution in [3.63, 3.8) is 0 Å². The first-order valence-corrected chi connectivity index (χ1v) is 5.49. The Bertz CT molecular complexity index is 257. The Morgan fingerprint density at radius 1 is 1.54 bits per heavy atom. The van der Waals surface area contributed by atoms with Crippen LogP contribution in [0.5, 0.6) is 0 Å². The molecule has 0 unspecified atom stereocenters. The third kappa shape index (κ3) is 5.58. The van der Waals surface area contributed by atoms with Crippen LogP contribution in [0.3, 0.4) is 0 Å². The zero-order chi connectivity index (χ0) is 10.6. The standard InChI is InChI=1S/C7H14NO4P/c1-6(2)7(9)8(3)4-5-13(10,11)12/h1,4-5H2,2-3H3,(H2,10,11,12). The van der Waals surface area contributed by atoms with Crippen LogP contribution in [0, 0.1) is 0 Å². The van der Waals surface area contributed by atoms with Crippen LogP contribution < -0.4 is 0 Å². The van der Waals surface area contributed by atoms with Crippen LogP contribution in [-0.2, 0) is 9.36 Å². The molecule has 0 bridgehead atoms. The van der Waals surface area contributed by atoms with E-state index in [2.05, 4.69) is 6.58 Å². The molecule has 0 aromatic carbocycles. The predicted octanol–water partition coefficient (Wildman–Crippen LogP) is 0.199. The summed E-state index contributed by atoms with van der Waals surface area (Å²) in [7, 11) is -2.53. The minimum absolute atomic E-state index is 0.0377. The van der Waals surface area contributed by atoms with E-state index in [1.54, 1.807) is 6.92 Å². The van der Waals surface area contributed by atoms with Crippen LogP contribution >= 0.6 is 7.60 Å². The van der Waals surface area contributed by atoms with Gasteiger partial charge in [-0.25, -0.2) is 0 Å².